The van der Waals surface area contributed by atoms with Crippen LogP contribution >= 0.6 is 0 Å². The maximum absolute atomic E-state index is 12.7. The van der Waals surface area contributed by atoms with Gasteiger partial charge in [-0.3, -0.25) is 9.59 Å². The zero-order valence-corrected chi connectivity index (χ0v) is 23.1. The van der Waals surface area contributed by atoms with E-state index < -0.39 is 11.9 Å². The first-order valence-corrected chi connectivity index (χ1v) is 13.3. The van der Waals surface area contributed by atoms with Crippen molar-refractivity contribution in [2.75, 3.05) is 39.6 Å². The van der Waals surface area contributed by atoms with Gasteiger partial charge in [0.05, 0.1) is 39.6 Å². The Balaban J connectivity index is 2.83. The third-order valence-electron chi connectivity index (χ3n) is 5.28. The maximum Gasteiger partial charge on any atom is 0.342 e. The Morgan fingerprint density at radius 3 is 1.18 bits per heavy atom. The molecule has 0 radical (unpaired) electrons. The monoisotopic (exact) mass is 538 g/mol. The molecule has 0 aliphatic heterocycles. The fraction of sp³-hybridized carbons (Fsp3) is 0.643. The Bertz CT molecular complexity index is 809. The lowest BCUT2D eigenvalue weighted by Gasteiger charge is -2.16. The number of benzene rings is 1. The third kappa shape index (κ3) is 13.9. The summed E-state index contributed by atoms with van der Waals surface area (Å²) in [6.07, 6.45) is 6.39. The highest BCUT2D eigenvalue weighted by Crippen LogP contribution is 2.31. The van der Waals surface area contributed by atoms with Crippen molar-refractivity contribution in [2.45, 2.75) is 79.1 Å². The summed E-state index contributed by atoms with van der Waals surface area (Å²) in [4.78, 5) is 47.0. The second kappa shape index (κ2) is 19.8. The summed E-state index contributed by atoms with van der Waals surface area (Å²) < 4.78 is 32.0. The van der Waals surface area contributed by atoms with Gasteiger partial charge in [-0.05, 0) is 77.3 Å². The Hall–Kier alpha value is -3.30. The van der Waals surface area contributed by atoms with Crippen molar-refractivity contribution in [3.05, 3.63) is 23.3 Å². The lowest BCUT2D eigenvalue weighted by molar-refractivity contribution is -0.142. The Kier molecular flexibility index (Phi) is 17.0. The van der Waals surface area contributed by atoms with Gasteiger partial charge in [0.2, 0.25) is 0 Å². The standard InChI is InChI=1S/C28H42O10/c1-5-33-27(31)23-19-26(38-18-14-10-8-12-16-36-22(4)30)24(28(32)34-6-2)20-25(23)37-17-13-9-7-11-15-35-21(3)29/h19-20H,5-18H2,1-4H3. The van der Waals surface area contributed by atoms with E-state index in [2.05, 4.69) is 0 Å². The SMILES string of the molecule is CCOC(=O)c1cc(OCCCCCCOC(C)=O)c(C(=O)OCC)cc1OCCCCCCOC(C)=O. The molecule has 0 bridgehead atoms. The van der Waals surface area contributed by atoms with Gasteiger partial charge in [-0.15, -0.1) is 0 Å². The minimum atomic E-state index is -0.574. The van der Waals surface area contributed by atoms with Crippen LogP contribution in [0.4, 0.5) is 0 Å². The predicted molar refractivity (Wildman–Crippen MR) is 140 cm³/mol. The molecule has 0 aliphatic carbocycles. The van der Waals surface area contributed by atoms with Crippen LogP contribution in [0.3, 0.4) is 0 Å². The minimum absolute atomic E-state index is 0.172. The minimum Gasteiger partial charge on any atom is -0.493 e. The van der Waals surface area contributed by atoms with E-state index in [9.17, 15) is 19.2 Å². The third-order valence-corrected chi connectivity index (χ3v) is 5.28. The Morgan fingerprint density at radius 2 is 0.868 bits per heavy atom. The molecule has 1 rings (SSSR count). The number of ether oxygens (including phenoxy) is 6. The molecule has 0 unspecified atom stereocenters. The second-order valence-electron chi connectivity index (χ2n) is 8.49. The predicted octanol–water partition coefficient (Wildman–Crippen LogP) is 5.04. The molecule has 10 heteroatoms. The smallest absolute Gasteiger partial charge is 0.342 e. The van der Waals surface area contributed by atoms with Gasteiger partial charge >= 0.3 is 23.9 Å². The second-order valence-corrected chi connectivity index (χ2v) is 8.49. The molecule has 1 aromatic carbocycles. The van der Waals surface area contributed by atoms with Gasteiger partial charge in [0.1, 0.15) is 22.6 Å². The summed E-state index contributed by atoms with van der Waals surface area (Å²) in [5.41, 5.74) is 0.345. The van der Waals surface area contributed by atoms with Gasteiger partial charge in [0.25, 0.3) is 0 Å². The van der Waals surface area contributed by atoms with Crippen LogP contribution in [0.2, 0.25) is 0 Å². The zero-order chi connectivity index (χ0) is 28.2. The molecule has 10 nitrogen and oxygen atoms in total. The first-order valence-electron chi connectivity index (χ1n) is 13.3. The van der Waals surface area contributed by atoms with Crippen molar-refractivity contribution in [3.8, 4) is 11.5 Å². The van der Waals surface area contributed by atoms with Gasteiger partial charge in [0.15, 0.2) is 0 Å². The summed E-state index contributed by atoms with van der Waals surface area (Å²) >= 11 is 0. The molecule has 214 valence electrons. The highest BCUT2D eigenvalue weighted by Gasteiger charge is 2.23. The average Bonchev–Trinajstić information content (AvgIpc) is 2.87. The van der Waals surface area contributed by atoms with E-state index in [0.29, 0.717) is 39.3 Å². The quantitative estimate of drug-likeness (QED) is 0.127. The number of esters is 4. The van der Waals surface area contributed by atoms with E-state index in [1.54, 1.807) is 13.8 Å². The Morgan fingerprint density at radius 1 is 0.526 bits per heavy atom. The van der Waals surface area contributed by atoms with Crippen LogP contribution in [-0.4, -0.2) is 63.5 Å². The fourth-order valence-electron chi connectivity index (χ4n) is 3.45. The van der Waals surface area contributed by atoms with E-state index in [0.717, 1.165) is 38.5 Å². The molecule has 0 aromatic heterocycles. The molecule has 0 heterocycles. The van der Waals surface area contributed by atoms with Gasteiger partial charge in [0, 0.05) is 13.8 Å². The van der Waals surface area contributed by atoms with Gasteiger partial charge in [-0.25, -0.2) is 9.59 Å². The van der Waals surface area contributed by atoms with E-state index in [1.807, 2.05) is 0 Å². The first kappa shape index (κ1) is 32.7. The van der Waals surface area contributed by atoms with Crippen molar-refractivity contribution >= 4 is 23.9 Å². The summed E-state index contributed by atoms with van der Waals surface area (Å²) in [5, 5.41) is 0. The lowest BCUT2D eigenvalue weighted by Crippen LogP contribution is -2.14. The number of carbonyl (C=O) groups excluding carboxylic acids is 4. The topological polar surface area (TPSA) is 124 Å². The summed E-state index contributed by atoms with van der Waals surface area (Å²) in [5.74, 6) is -1.28. The van der Waals surface area contributed by atoms with E-state index in [1.165, 1.54) is 26.0 Å². The highest BCUT2D eigenvalue weighted by molar-refractivity contribution is 5.98. The molecule has 0 N–H and O–H groups in total. The molecular weight excluding hydrogens is 496 g/mol. The Labute approximate surface area is 225 Å². The van der Waals surface area contributed by atoms with E-state index in [4.69, 9.17) is 28.4 Å². The number of unbranched alkanes of at least 4 members (excludes halogenated alkanes) is 6. The lowest BCUT2D eigenvalue weighted by atomic mass is 10.1. The maximum atomic E-state index is 12.7. The van der Waals surface area contributed by atoms with Gasteiger partial charge in [-0.1, -0.05) is 0 Å². The first-order chi connectivity index (χ1) is 18.3. The molecule has 0 amide bonds. The summed E-state index contributed by atoms with van der Waals surface area (Å²) in [6, 6.07) is 2.94. The van der Waals surface area contributed by atoms with Crippen LogP contribution < -0.4 is 9.47 Å². The summed E-state index contributed by atoms with van der Waals surface area (Å²) in [6.45, 7) is 7.99. The normalized spacial score (nSPS) is 10.4. The van der Waals surface area contributed by atoms with Gasteiger partial charge < -0.3 is 28.4 Å². The highest BCUT2D eigenvalue weighted by atomic mass is 16.5. The van der Waals surface area contributed by atoms with E-state index in [-0.39, 0.29) is 47.8 Å². The zero-order valence-electron chi connectivity index (χ0n) is 23.1. The average molecular weight is 539 g/mol. The van der Waals surface area contributed by atoms with Crippen molar-refractivity contribution < 1.29 is 47.6 Å². The van der Waals surface area contributed by atoms with E-state index >= 15 is 0 Å². The number of hydrogen-bond donors (Lipinski definition) is 0. The molecule has 1 aromatic rings. The van der Waals surface area contributed by atoms with Crippen LogP contribution in [0.25, 0.3) is 0 Å². The van der Waals surface area contributed by atoms with Crippen molar-refractivity contribution in [1.82, 2.24) is 0 Å². The van der Waals surface area contributed by atoms with Crippen molar-refractivity contribution in [3.63, 3.8) is 0 Å². The molecule has 0 fully saturated rings. The van der Waals surface area contributed by atoms with Crippen LogP contribution in [0.5, 0.6) is 11.5 Å². The van der Waals surface area contributed by atoms with Crippen LogP contribution in [-0.2, 0) is 28.5 Å². The van der Waals surface area contributed by atoms with Crippen LogP contribution in [0.1, 0.15) is 99.8 Å². The van der Waals surface area contributed by atoms with Crippen LogP contribution in [0, 0.1) is 0 Å². The fourth-order valence-corrected chi connectivity index (χ4v) is 3.45. The largest absolute Gasteiger partial charge is 0.493 e. The molecule has 0 atom stereocenters. The molecule has 38 heavy (non-hydrogen) atoms. The molecule has 0 aliphatic rings. The van der Waals surface area contributed by atoms with Crippen molar-refractivity contribution in [1.29, 1.82) is 0 Å². The molecule has 0 saturated heterocycles. The molecular formula is C28H42O10. The molecule has 0 spiro atoms. The van der Waals surface area contributed by atoms with Crippen LogP contribution in [0.15, 0.2) is 12.1 Å². The summed E-state index contributed by atoms with van der Waals surface area (Å²) in [7, 11) is 0. The van der Waals surface area contributed by atoms with Crippen molar-refractivity contribution in [2.24, 2.45) is 0 Å². The molecule has 0 saturated carbocycles. The number of hydrogen-bond acceptors (Lipinski definition) is 10. The number of rotatable bonds is 20. The van der Waals surface area contributed by atoms with Gasteiger partial charge in [-0.2, -0.15) is 0 Å². The number of carbonyl (C=O) groups is 4.